The number of hydrogen-bond acceptors (Lipinski definition) is 2. The van der Waals surface area contributed by atoms with Gasteiger partial charge in [0.25, 0.3) is 0 Å². The number of nitrogens with one attached hydrogen (secondary N) is 1. The maximum atomic E-state index is 12.2. The van der Waals surface area contributed by atoms with E-state index in [1.807, 2.05) is 37.4 Å². The minimum atomic E-state index is 0.0387. The Morgan fingerprint density at radius 1 is 1.19 bits per heavy atom. The Hall–Kier alpha value is -1.87. The number of fused-ring (bicyclic) bond motifs is 1. The van der Waals surface area contributed by atoms with Crippen LogP contribution in [0.15, 0.2) is 42.5 Å². The van der Waals surface area contributed by atoms with Gasteiger partial charge in [-0.15, -0.1) is 0 Å². The van der Waals surface area contributed by atoms with E-state index in [1.54, 1.807) is 0 Å². The smallest absolute Gasteiger partial charge is 0.238 e. The monoisotopic (exact) mass is 284 g/mol. The maximum Gasteiger partial charge on any atom is 0.238 e. The second kappa shape index (κ2) is 7.23. The Morgan fingerprint density at radius 2 is 1.90 bits per heavy atom. The highest BCUT2D eigenvalue weighted by atomic mass is 16.2. The number of hydrogen-bond donors (Lipinski definition) is 1. The van der Waals surface area contributed by atoms with Crippen molar-refractivity contribution in [3.63, 3.8) is 0 Å². The van der Waals surface area contributed by atoms with Gasteiger partial charge in [-0.25, -0.2) is 0 Å². The molecule has 3 heteroatoms. The maximum absolute atomic E-state index is 12.2. The van der Waals surface area contributed by atoms with Gasteiger partial charge in [0.1, 0.15) is 0 Å². The summed E-state index contributed by atoms with van der Waals surface area (Å²) in [6, 6.07) is 14.5. The lowest BCUT2D eigenvalue weighted by molar-refractivity contribution is -0.117. The molecule has 21 heavy (non-hydrogen) atoms. The van der Waals surface area contributed by atoms with Crippen molar-refractivity contribution in [3.8, 4) is 0 Å². The Balaban J connectivity index is 2.05. The molecule has 2 aromatic rings. The fraction of sp³-hybridized carbons (Fsp3) is 0.389. The normalized spacial score (nSPS) is 12.6. The first-order valence-corrected chi connectivity index (χ1v) is 7.59. The lowest BCUT2D eigenvalue weighted by atomic mass is 10.1. The number of anilines is 1. The van der Waals surface area contributed by atoms with Crippen LogP contribution in [0, 0.1) is 0 Å². The highest BCUT2D eigenvalue weighted by molar-refractivity contribution is 6.02. The third-order valence-electron chi connectivity index (χ3n) is 3.92. The predicted octanol–water partition coefficient (Wildman–Crippen LogP) is 3.90. The van der Waals surface area contributed by atoms with Crippen LogP contribution < -0.4 is 5.32 Å². The molecule has 0 bridgehead atoms. The predicted molar refractivity (Wildman–Crippen MR) is 89.6 cm³/mol. The Morgan fingerprint density at radius 3 is 2.67 bits per heavy atom. The van der Waals surface area contributed by atoms with E-state index >= 15 is 0 Å². The Labute approximate surface area is 127 Å². The Bertz CT molecular complexity index is 604. The molecular weight excluding hydrogens is 260 g/mol. The summed E-state index contributed by atoms with van der Waals surface area (Å²) in [6.45, 7) is 4.75. The molecule has 0 aliphatic carbocycles. The van der Waals surface area contributed by atoms with Gasteiger partial charge in [0.15, 0.2) is 0 Å². The highest BCUT2D eigenvalue weighted by Gasteiger charge is 2.13. The van der Waals surface area contributed by atoms with Crippen molar-refractivity contribution in [1.82, 2.24) is 4.90 Å². The topological polar surface area (TPSA) is 32.3 Å². The third-order valence-corrected chi connectivity index (χ3v) is 3.92. The fourth-order valence-electron chi connectivity index (χ4n) is 2.54. The molecule has 0 aliphatic rings. The molecule has 112 valence electrons. The number of carbonyl (C=O) groups is 1. The number of nitrogens with zero attached hydrogens (tertiary/aromatic N) is 1. The van der Waals surface area contributed by atoms with Crippen molar-refractivity contribution in [3.05, 3.63) is 42.5 Å². The molecule has 0 aromatic heterocycles. The standard InChI is InChI=1S/C18H24N2O/c1-4-8-14(2)20(3)13-18(21)19-17-12-7-10-15-9-5-6-11-16(15)17/h5-7,9-12,14H,4,8,13H2,1-3H3,(H,19,21). The number of rotatable bonds is 6. The van der Waals surface area contributed by atoms with Gasteiger partial charge in [0, 0.05) is 17.1 Å². The molecular formula is C18H24N2O. The van der Waals surface area contributed by atoms with Gasteiger partial charge >= 0.3 is 0 Å². The molecule has 0 spiro atoms. The molecule has 1 unspecified atom stereocenters. The first-order chi connectivity index (χ1) is 10.1. The molecule has 2 rings (SSSR count). The van der Waals surface area contributed by atoms with Gasteiger partial charge in [-0.3, -0.25) is 9.69 Å². The van der Waals surface area contributed by atoms with E-state index in [-0.39, 0.29) is 5.91 Å². The van der Waals surface area contributed by atoms with E-state index in [9.17, 15) is 4.79 Å². The molecule has 0 saturated heterocycles. The van der Waals surface area contributed by atoms with E-state index in [0.717, 1.165) is 29.3 Å². The molecule has 0 radical (unpaired) electrons. The van der Waals surface area contributed by atoms with Crippen LogP contribution in [0.3, 0.4) is 0 Å². The largest absolute Gasteiger partial charge is 0.324 e. The molecule has 0 saturated carbocycles. The van der Waals surface area contributed by atoms with Crippen LogP contribution in [0.4, 0.5) is 5.69 Å². The SMILES string of the molecule is CCCC(C)N(C)CC(=O)Nc1cccc2ccccc12. The lowest BCUT2D eigenvalue weighted by Crippen LogP contribution is -2.36. The molecule has 0 aliphatic heterocycles. The summed E-state index contributed by atoms with van der Waals surface area (Å²) >= 11 is 0. The first-order valence-electron chi connectivity index (χ1n) is 7.59. The summed E-state index contributed by atoms with van der Waals surface area (Å²) in [4.78, 5) is 14.3. The zero-order valence-electron chi connectivity index (χ0n) is 13.1. The van der Waals surface area contributed by atoms with Crippen molar-refractivity contribution in [2.45, 2.75) is 32.7 Å². The van der Waals surface area contributed by atoms with E-state index in [2.05, 4.69) is 36.2 Å². The molecule has 2 aromatic carbocycles. The van der Waals surface area contributed by atoms with Crippen LogP contribution in [0.2, 0.25) is 0 Å². The van der Waals surface area contributed by atoms with Gasteiger partial charge in [-0.05, 0) is 31.8 Å². The zero-order chi connectivity index (χ0) is 15.2. The van der Waals surface area contributed by atoms with Crippen molar-refractivity contribution in [2.75, 3.05) is 18.9 Å². The molecule has 1 atom stereocenters. The van der Waals surface area contributed by atoms with Gasteiger partial charge in [-0.2, -0.15) is 0 Å². The molecule has 1 N–H and O–H groups in total. The summed E-state index contributed by atoms with van der Waals surface area (Å²) in [5.74, 6) is 0.0387. The summed E-state index contributed by atoms with van der Waals surface area (Å²) < 4.78 is 0. The fourth-order valence-corrected chi connectivity index (χ4v) is 2.54. The van der Waals surface area contributed by atoms with Crippen LogP contribution in [0.5, 0.6) is 0 Å². The van der Waals surface area contributed by atoms with Crippen LogP contribution in [-0.2, 0) is 4.79 Å². The van der Waals surface area contributed by atoms with Crippen molar-refractivity contribution in [2.24, 2.45) is 0 Å². The minimum Gasteiger partial charge on any atom is -0.324 e. The summed E-state index contributed by atoms with van der Waals surface area (Å²) in [6.07, 6.45) is 2.24. The van der Waals surface area contributed by atoms with Crippen molar-refractivity contribution >= 4 is 22.4 Å². The van der Waals surface area contributed by atoms with E-state index in [0.29, 0.717) is 12.6 Å². The van der Waals surface area contributed by atoms with Gasteiger partial charge in [-0.1, -0.05) is 49.7 Å². The van der Waals surface area contributed by atoms with Gasteiger partial charge in [0.05, 0.1) is 6.54 Å². The minimum absolute atomic E-state index is 0.0387. The van der Waals surface area contributed by atoms with E-state index < -0.39 is 0 Å². The number of benzene rings is 2. The van der Waals surface area contributed by atoms with Gasteiger partial charge < -0.3 is 5.32 Å². The van der Waals surface area contributed by atoms with Crippen LogP contribution >= 0.6 is 0 Å². The molecule has 1 amide bonds. The molecule has 0 heterocycles. The van der Waals surface area contributed by atoms with Crippen LogP contribution in [-0.4, -0.2) is 30.4 Å². The number of carbonyl (C=O) groups excluding carboxylic acids is 1. The average Bonchev–Trinajstić information content (AvgIpc) is 2.47. The average molecular weight is 284 g/mol. The van der Waals surface area contributed by atoms with Crippen LogP contribution in [0.25, 0.3) is 10.8 Å². The number of likely N-dealkylation sites (N-methyl/N-ethyl adjacent to an activating group) is 1. The van der Waals surface area contributed by atoms with E-state index in [1.165, 1.54) is 0 Å². The van der Waals surface area contributed by atoms with Crippen molar-refractivity contribution < 1.29 is 4.79 Å². The molecule has 0 fully saturated rings. The van der Waals surface area contributed by atoms with E-state index in [4.69, 9.17) is 0 Å². The third kappa shape index (κ3) is 4.05. The lowest BCUT2D eigenvalue weighted by Gasteiger charge is -2.23. The quantitative estimate of drug-likeness (QED) is 0.872. The summed E-state index contributed by atoms with van der Waals surface area (Å²) in [7, 11) is 2.00. The first kappa shape index (κ1) is 15.5. The van der Waals surface area contributed by atoms with Crippen molar-refractivity contribution in [1.29, 1.82) is 0 Å². The van der Waals surface area contributed by atoms with Gasteiger partial charge in [0.2, 0.25) is 5.91 Å². The summed E-state index contributed by atoms with van der Waals surface area (Å²) in [5, 5.41) is 5.25. The summed E-state index contributed by atoms with van der Waals surface area (Å²) in [5.41, 5.74) is 0.884. The highest BCUT2D eigenvalue weighted by Crippen LogP contribution is 2.22. The second-order valence-corrected chi connectivity index (χ2v) is 5.63. The zero-order valence-corrected chi connectivity index (χ0v) is 13.1. The second-order valence-electron chi connectivity index (χ2n) is 5.63. The molecule has 3 nitrogen and oxygen atoms in total. The Kier molecular flexibility index (Phi) is 5.34. The number of amides is 1. The van der Waals surface area contributed by atoms with Crippen LogP contribution in [0.1, 0.15) is 26.7 Å².